The number of aromatic nitrogens is 6. The first kappa shape index (κ1) is 24.6. The summed E-state index contributed by atoms with van der Waals surface area (Å²) in [6.07, 6.45) is 11.4. The van der Waals surface area contributed by atoms with Gasteiger partial charge in [0.25, 0.3) is 5.91 Å². The number of hydrogen-bond donors (Lipinski definition) is 3. The number of amides is 1. The van der Waals surface area contributed by atoms with Crippen molar-refractivity contribution in [3.05, 3.63) is 60.2 Å². The number of aryl methyl sites for hydroxylation is 1. The van der Waals surface area contributed by atoms with E-state index < -0.39 is 12.6 Å². The van der Waals surface area contributed by atoms with Gasteiger partial charge in [-0.2, -0.15) is 14.0 Å². The Kier molecular flexibility index (Phi) is 6.70. The molecule has 0 aliphatic heterocycles. The number of halogens is 1. The monoisotopic (exact) mass is 504 g/mol. The highest BCUT2D eigenvalue weighted by atomic mass is 19.1. The summed E-state index contributed by atoms with van der Waals surface area (Å²) < 4.78 is 15.0. The molecule has 5 rings (SSSR count). The Balaban J connectivity index is 1.47. The number of nitrogens with zero attached hydrogens (tertiary/aromatic N) is 6. The molecule has 0 saturated heterocycles. The Morgan fingerprint density at radius 1 is 1.32 bits per heavy atom. The maximum atomic E-state index is 13.3. The Labute approximate surface area is 213 Å². The minimum absolute atomic E-state index is 0.130. The lowest BCUT2D eigenvalue weighted by atomic mass is 10.0. The fourth-order valence-corrected chi connectivity index (χ4v) is 4.61. The quantitative estimate of drug-likeness (QED) is 0.317. The number of allylic oxidation sites excluding steroid dienone is 1. The summed E-state index contributed by atoms with van der Waals surface area (Å²) >= 11 is 0. The van der Waals surface area contributed by atoms with Crippen molar-refractivity contribution in [3.8, 4) is 22.6 Å². The van der Waals surface area contributed by atoms with Gasteiger partial charge < -0.3 is 20.7 Å². The molecular formula is C26H29FN8O2. The lowest BCUT2D eigenvalue weighted by Crippen LogP contribution is -2.36. The largest absolute Gasteiger partial charge is 0.387 e. The Morgan fingerprint density at radius 2 is 2.14 bits per heavy atom. The zero-order valence-corrected chi connectivity index (χ0v) is 20.7. The van der Waals surface area contributed by atoms with E-state index in [0.717, 1.165) is 41.4 Å². The Bertz CT molecular complexity index is 1460. The van der Waals surface area contributed by atoms with Gasteiger partial charge in [0.05, 0.1) is 18.1 Å². The summed E-state index contributed by atoms with van der Waals surface area (Å²) in [6.45, 7) is 3.25. The van der Waals surface area contributed by atoms with E-state index in [9.17, 15) is 14.3 Å². The number of carbonyl (C=O) groups excluding carboxylic acids is 1. The van der Waals surface area contributed by atoms with Crippen molar-refractivity contribution < 1.29 is 14.3 Å². The fourth-order valence-electron chi connectivity index (χ4n) is 4.61. The zero-order valence-electron chi connectivity index (χ0n) is 20.7. The van der Waals surface area contributed by atoms with Gasteiger partial charge in [0.2, 0.25) is 5.95 Å². The van der Waals surface area contributed by atoms with Gasteiger partial charge in [0.15, 0.2) is 11.5 Å². The number of pyridine rings is 1. The van der Waals surface area contributed by atoms with Gasteiger partial charge in [-0.15, -0.1) is 0 Å². The minimum Gasteiger partial charge on any atom is -0.387 e. The maximum absolute atomic E-state index is 13.3. The van der Waals surface area contributed by atoms with Crippen LogP contribution in [0.2, 0.25) is 0 Å². The number of fused-ring (bicyclic) bond motifs is 1. The van der Waals surface area contributed by atoms with E-state index in [0.29, 0.717) is 41.7 Å². The summed E-state index contributed by atoms with van der Waals surface area (Å²) in [5.74, 6) is 0.417. The number of hydrogen-bond acceptors (Lipinski definition) is 7. The van der Waals surface area contributed by atoms with Crippen LogP contribution in [0.25, 0.3) is 28.3 Å². The summed E-state index contributed by atoms with van der Waals surface area (Å²) in [4.78, 5) is 29.7. The average Bonchev–Trinajstić information content (AvgIpc) is 3.49. The number of aliphatic hydroxyl groups is 1. The fraction of sp³-hybridized carbons (Fsp3) is 0.346. The van der Waals surface area contributed by atoms with Crippen LogP contribution in [-0.4, -0.2) is 58.1 Å². The van der Waals surface area contributed by atoms with E-state index in [1.807, 2.05) is 19.9 Å². The third-order valence-electron chi connectivity index (χ3n) is 6.65. The van der Waals surface area contributed by atoms with Crippen LogP contribution in [0, 0.1) is 5.95 Å². The van der Waals surface area contributed by atoms with E-state index in [4.69, 9.17) is 10.7 Å². The first-order valence-corrected chi connectivity index (χ1v) is 12.3. The number of carbonyl (C=O) groups is 1. The number of nitrogens with two attached hydrogens (primary N) is 1. The summed E-state index contributed by atoms with van der Waals surface area (Å²) in [5, 5.41) is 13.9. The van der Waals surface area contributed by atoms with Gasteiger partial charge in [0, 0.05) is 35.1 Å². The van der Waals surface area contributed by atoms with Crippen LogP contribution in [-0.2, 0) is 11.2 Å². The number of H-pyrrole nitrogens is 1. The second-order valence-electron chi connectivity index (χ2n) is 9.27. The third-order valence-corrected chi connectivity index (χ3v) is 6.65. The molecule has 11 heteroatoms. The summed E-state index contributed by atoms with van der Waals surface area (Å²) in [7, 11) is 0. The molecule has 1 amide bonds. The molecule has 0 unspecified atom stereocenters. The molecule has 1 aliphatic rings. The second-order valence-corrected chi connectivity index (χ2v) is 9.27. The average molecular weight is 505 g/mol. The highest BCUT2D eigenvalue weighted by Gasteiger charge is 2.31. The van der Waals surface area contributed by atoms with E-state index >= 15 is 0 Å². The molecule has 4 aromatic rings. The Hall–Kier alpha value is -4.12. The van der Waals surface area contributed by atoms with E-state index in [2.05, 4.69) is 20.1 Å². The number of aromatic amines is 1. The van der Waals surface area contributed by atoms with Gasteiger partial charge in [-0.05, 0) is 51.5 Å². The zero-order chi connectivity index (χ0) is 26.1. The van der Waals surface area contributed by atoms with Crippen molar-refractivity contribution in [2.75, 3.05) is 12.3 Å². The van der Waals surface area contributed by atoms with E-state index in [-0.39, 0.29) is 11.9 Å². The highest BCUT2D eigenvalue weighted by molar-refractivity contribution is 5.79. The predicted octanol–water partition coefficient (Wildman–Crippen LogP) is 3.46. The SMILES string of the molecule is C/C=C\N(C(=O)CO)[C@H](C)CCc1nc2c(-c3ccc(-c4ncc(F)[nH]4)nc3)cnn2c(N)c1C1CC1. The first-order valence-electron chi connectivity index (χ1n) is 12.3. The topological polar surface area (TPSA) is 138 Å². The van der Waals surface area contributed by atoms with Crippen LogP contribution in [0.1, 0.15) is 50.3 Å². The molecular weight excluding hydrogens is 475 g/mol. The highest BCUT2D eigenvalue weighted by Crippen LogP contribution is 2.45. The van der Waals surface area contributed by atoms with Crippen LogP contribution >= 0.6 is 0 Å². The van der Waals surface area contributed by atoms with Crippen molar-refractivity contribution in [2.45, 2.75) is 51.5 Å². The molecule has 192 valence electrons. The molecule has 1 fully saturated rings. The van der Waals surface area contributed by atoms with Crippen molar-refractivity contribution >= 4 is 17.4 Å². The van der Waals surface area contributed by atoms with Gasteiger partial charge in [-0.3, -0.25) is 9.78 Å². The van der Waals surface area contributed by atoms with Crippen molar-refractivity contribution in [3.63, 3.8) is 0 Å². The number of imidazole rings is 1. The third kappa shape index (κ3) is 4.82. The molecule has 1 atom stereocenters. The lowest BCUT2D eigenvalue weighted by molar-refractivity contribution is -0.133. The van der Waals surface area contributed by atoms with Crippen LogP contribution in [0.3, 0.4) is 0 Å². The van der Waals surface area contributed by atoms with Gasteiger partial charge in [0.1, 0.15) is 18.1 Å². The number of rotatable bonds is 9. The van der Waals surface area contributed by atoms with Crippen LogP contribution in [0.15, 0.2) is 43.0 Å². The molecule has 10 nitrogen and oxygen atoms in total. The normalized spacial score (nSPS) is 14.5. The molecule has 0 bridgehead atoms. The molecule has 37 heavy (non-hydrogen) atoms. The minimum atomic E-state index is -0.542. The van der Waals surface area contributed by atoms with Crippen LogP contribution in [0.5, 0.6) is 0 Å². The maximum Gasteiger partial charge on any atom is 0.252 e. The molecule has 4 heterocycles. The standard InChI is InChI=1S/C26H29FN8O2/c1-3-10-34(22(37)14-36)15(2)4-8-19-23(16-5-6-16)24(28)35-26(32-19)18(12-31-35)17-7-9-20(29-11-17)25-30-13-21(27)33-25/h3,7,9-13,15-16,36H,4-6,8,14,28H2,1-2H3,(H,30,33)/b10-3-/t15-/m1/s1. The number of nitrogens with one attached hydrogen (secondary N) is 1. The number of anilines is 1. The van der Waals surface area contributed by atoms with E-state index in [1.54, 1.807) is 40.2 Å². The summed E-state index contributed by atoms with van der Waals surface area (Å²) in [5.41, 5.74) is 11.3. The molecule has 1 aliphatic carbocycles. The van der Waals surface area contributed by atoms with Gasteiger partial charge >= 0.3 is 0 Å². The van der Waals surface area contributed by atoms with Crippen molar-refractivity contribution in [1.82, 2.24) is 34.4 Å². The van der Waals surface area contributed by atoms with Crippen LogP contribution < -0.4 is 5.73 Å². The first-order chi connectivity index (χ1) is 17.9. The molecule has 4 aromatic heterocycles. The smallest absolute Gasteiger partial charge is 0.252 e. The molecule has 0 radical (unpaired) electrons. The number of aliphatic hydroxyl groups excluding tert-OH is 1. The molecule has 0 spiro atoms. The number of nitrogen functional groups attached to an aromatic ring is 1. The lowest BCUT2D eigenvalue weighted by Gasteiger charge is -2.25. The second kappa shape index (κ2) is 10.1. The molecule has 1 saturated carbocycles. The molecule has 4 N–H and O–H groups in total. The van der Waals surface area contributed by atoms with Crippen molar-refractivity contribution in [2.24, 2.45) is 0 Å². The van der Waals surface area contributed by atoms with Crippen LogP contribution in [0.4, 0.5) is 10.2 Å². The van der Waals surface area contributed by atoms with E-state index in [1.165, 1.54) is 0 Å². The summed E-state index contributed by atoms with van der Waals surface area (Å²) in [6, 6.07) is 3.49. The Morgan fingerprint density at radius 3 is 2.76 bits per heavy atom. The predicted molar refractivity (Wildman–Crippen MR) is 137 cm³/mol. The van der Waals surface area contributed by atoms with Crippen molar-refractivity contribution in [1.29, 1.82) is 0 Å². The van der Waals surface area contributed by atoms with Gasteiger partial charge in [-0.1, -0.05) is 12.1 Å². The molecule has 0 aromatic carbocycles. The van der Waals surface area contributed by atoms with Gasteiger partial charge in [-0.25, -0.2) is 9.97 Å².